The Hall–Kier alpha value is -3.93. The molecular formula is C23H19N5O. The minimum Gasteiger partial charge on any atom is -0.320 e. The summed E-state index contributed by atoms with van der Waals surface area (Å²) in [7, 11) is 0. The highest BCUT2D eigenvalue weighted by Gasteiger charge is 2.18. The van der Waals surface area contributed by atoms with Gasteiger partial charge in [-0.3, -0.25) is 9.20 Å². The molecule has 0 unspecified atom stereocenters. The first-order valence-electron chi connectivity index (χ1n) is 9.40. The Morgan fingerprint density at radius 1 is 0.931 bits per heavy atom. The fraction of sp³-hybridized carbons (Fsp3) is 0.0870. The molecule has 1 amide bonds. The van der Waals surface area contributed by atoms with Gasteiger partial charge in [-0.1, -0.05) is 30.3 Å². The highest BCUT2D eigenvalue weighted by molar-refractivity contribution is 6.06. The van der Waals surface area contributed by atoms with Gasteiger partial charge in [-0.2, -0.15) is 0 Å². The molecule has 4 heterocycles. The van der Waals surface area contributed by atoms with Gasteiger partial charge < -0.3 is 9.72 Å². The summed E-state index contributed by atoms with van der Waals surface area (Å²) in [5.74, 6) is -0.200. The number of benzene rings is 1. The number of imidazole rings is 2. The van der Waals surface area contributed by atoms with Gasteiger partial charge in [-0.25, -0.2) is 9.97 Å². The predicted molar refractivity (Wildman–Crippen MR) is 113 cm³/mol. The number of carbonyl (C=O) groups is 1. The lowest BCUT2D eigenvalue weighted by Crippen LogP contribution is -2.16. The third kappa shape index (κ3) is 2.86. The Bertz CT molecular complexity index is 1380. The molecule has 0 atom stereocenters. The SMILES string of the molecule is Cc1nc2ccccn2c1C(=O)Nc1ccccc1-c1cn2cccc(C)c2n1. The molecule has 6 nitrogen and oxygen atoms in total. The van der Waals surface area contributed by atoms with Crippen LogP contribution in [0, 0.1) is 13.8 Å². The van der Waals surface area contributed by atoms with Crippen molar-refractivity contribution < 1.29 is 4.79 Å². The number of amides is 1. The van der Waals surface area contributed by atoms with Gasteiger partial charge in [0, 0.05) is 24.2 Å². The molecule has 6 heteroatoms. The fourth-order valence-corrected chi connectivity index (χ4v) is 3.67. The molecular weight excluding hydrogens is 362 g/mol. The van der Waals surface area contributed by atoms with E-state index in [0.717, 1.165) is 28.1 Å². The van der Waals surface area contributed by atoms with Gasteiger partial charge in [0.15, 0.2) is 0 Å². The van der Waals surface area contributed by atoms with Crippen LogP contribution in [-0.4, -0.2) is 24.7 Å². The summed E-state index contributed by atoms with van der Waals surface area (Å²) in [6.07, 6.45) is 5.80. The van der Waals surface area contributed by atoms with Gasteiger partial charge in [-0.05, 0) is 43.7 Å². The second-order valence-electron chi connectivity index (χ2n) is 7.02. The highest BCUT2D eigenvalue weighted by Crippen LogP contribution is 2.28. The van der Waals surface area contributed by atoms with Crippen molar-refractivity contribution in [1.29, 1.82) is 0 Å². The number of carbonyl (C=O) groups excluding carboxylic acids is 1. The summed E-state index contributed by atoms with van der Waals surface area (Å²) >= 11 is 0. The van der Waals surface area contributed by atoms with Gasteiger partial charge in [0.05, 0.1) is 17.1 Å². The Morgan fingerprint density at radius 3 is 2.62 bits per heavy atom. The molecule has 0 spiro atoms. The molecule has 5 aromatic rings. The van der Waals surface area contributed by atoms with Crippen LogP contribution in [0.2, 0.25) is 0 Å². The molecule has 5 rings (SSSR count). The molecule has 0 saturated heterocycles. The van der Waals surface area contributed by atoms with Gasteiger partial charge in [0.25, 0.3) is 5.91 Å². The number of nitrogens with one attached hydrogen (secondary N) is 1. The van der Waals surface area contributed by atoms with Gasteiger partial charge >= 0.3 is 0 Å². The first-order chi connectivity index (χ1) is 14.1. The maximum atomic E-state index is 13.1. The zero-order valence-electron chi connectivity index (χ0n) is 16.1. The van der Waals surface area contributed by atoms with Crippen LogP contribution in [0.25, 0.3) is 22.6 Å². The first kappa shape index (κ1) is 17.2. The molecule has 0 aliphatic carbocycles. The summed E-state index contributed by atoms with van der Waals surface area (Å²) in [5, 5.41) is 3.05. The number of anilines is 1. The van der Waals surface area contributed by atoms with E-state index in [1.54, 1.807) is 0 Å². The molecule has 1 N–H and O–H groups in total. The molecule has 1 aromatic carbocycles. The quantitative estimate of drug-likeness (QED) is 0.500. The number of rotatable bonds is 3. The van der Waals surface area contributed by atoms with Gasteiger partial charge in [0.2, 0.25) is 0 Å². The van der Waals surface area contributed by atoms with Crippen LogP contribution >= 0.6 is 0 Å². The van der Waals surface area contributed by atoms with Crippen molar-refractivity contribution in [2.45, 2.75) is 13.8 Å². The summed E-state index contributed by atoms with van der Waals surface area (Å²) < 4.78 is 3.81. The number of aryl methyl sites for hydroxylation is 2. The molecule has 0 radical (unpaired) electrons. The van der Waals surface area contributed by atoms with Crippen LogP contribution in [0.4, 0.5) is 5.69 Å². The zero-order valence-corrected chi connectivity index (χ0v) is 16.1. The van der Waals surface area contributed by atoms with Gasteiger partial charge in [-0.15, -0.1) is 0 Å². The largest absolute Gasteiger partial charge is 0.320 e. The molecule has 4 aromatic heterocycles. The van der Waals surface area contributed by atoms with E-state index in [9.17, 15) is 4.79 Å². The highest BCUT2D eigenvalue weighted by atomic mass is 16.2. The number of aromatic nitrogens is 4. The summed E-state index contributed by atoms with van der Waals surface area (Å²) in [6, 6.07) is 17.4. The normalized spacial score (nSPS) is 11.2. The maximum Gasteiger partial charge on any atom is 0.274 e. The van der Waals surface area contributed by atoms with Crippen LogP contribution in [0.15, 0.2) is 73.2 Å². The van der Waals surface area contributed by atoms with E-state index in [-0.39, 0.29) is 5.91 Å². The van der Waals surface area contributed by atoms with E-state index < -0.39 is 0 Å². The van der Waals surface area contributed by atoms with Crippen LogP contribution in [0.5, 0.6) is 0 Å². The molecule has 142 valence electrons. The number of pyridine rings is 2. The van der Waals surface area contributed by atoms with Crippen LogP contribution in [0.3, 0.4) is 0 Å². The minimum atomic E-state index is -0.200. The number of fused-ring (bicyclic) bond motifs is 2. The number of nitrogens with zero attached hydrogens (tertiary/aromatic N) is 4. The Labute approximate surface area is 167 Å². The third-order valence-electron chi connectivity index (χ3n) is 5.05. The lowest BCUT2D eigenvalue weighted by atomic mass is 10.1. The van der Waals surface area contributed by atoms with Crippen molar-refractivity contribution >= 4 is 22.9 Å². The average molecular weight is 381 g/mol. The Balaban J connectivity index is 1.56. The molecule has 0 aliphatic heterocycles. The second kappa shape index (κ2) is 6.60. The summed E-state index contributed by atoms with van der Waals surface area (Å²) in [5.41, 5.74) is 6.36. The van der Waals surface area contributed by atoms with Crippen molar-refractivity contribution in [3.8, 4) is 11.3 Å². The van der Waals surface area contributed by atoms with Crippen LogP contribution in [0.1, 0.15) is 21.7 Å². The third-order valence-corrected chi connectivity index (χ3v) is 5.05. The first-order valence-corrected chi connectivity index (χ1v) is 9.40. The average Bonchev–Trinajstić information content (AvgIpc) is 3.29. The van der Waals surface area contributed by atoms with E-state index in [1.807, 2.05) is 95.8 Å². The van der Waals surface area contributed by atoms with E-state index in [0.29, 0.717) is 17.1 Å². The van der Waals surface area contributed by atoms with Crippen LogP contribution in [-0.2, 0) is 0 Å². The second-order valence-corrected chi connectivity index (χ2v) is 7.02. The predicted octanol–water partition coefficient (Wildman–Crippen LogP) is 4.52. The zero-order chi connectivity index (χ0) is 20.0. The van der Waals surface area contributed by atoms with Crippen LogP contribution < -0.4 is 5.32 Å². The topological polar surface area (TPSA) is 63.7 Å². The van der Waals surface area contributed by atoms with E-state index >= 15 is 0 Å². The van der Waals surface area contributed by atoms with Crippen molar-refractivity contribution in [1.82, 2.24) is 18.8 Å². The van der Waals surface area contributed by atoms with Gasteiger partial charge in [0.1, 0.15) is 17.0 Å². The smallest absolute Gasteiger partial charge is 0.274 e. The molecule has 0 bridgehead atoms. The minimum absolute atomic E-state index is 0.200. The lowest BCUT2D eigenvalue weighted by Gasteiger charge is -2.10. The number of hydrogen-bond acceptors (Lipinski definition) is 3. The monoisotopic (exact) mass is 381 g/mol. The molecule has 0 fully saturated rings. The maximum absolute atomic E-state index is 13.1. The van der Waals surface area contributed by atoms with E-state index in [1.165, 1.54) is 0 Å². The fourth-order valence-electron chi connectivity index (χ4n) is 3.67. The Kier molecular flexibility index (Phi) is 3.91. The van der Waals surface area contributed by atoms with E-state index in [4.69, 9.17) is 4.98 Å². The van der Waals surface area contributed by atoms with Crippen molar-refractivity contribution in [3.63, 3.8) is 0 Å². The molecule has 0 saturated carbocycles. The van der Waals surface area contributed by atoms with Crippen molar-refractivity contribution in [3.05, 3.63) is 90.1 Å². The number of para-hydroxylation sites is 1. The van der Waals surface area contributed by atoms with E-state index in [2.05, 4.69) is 10.3 Å². The Morgan fingerprint density at radius 2 is 1.76 bits per heavy atom. The molecule has 0 aliphatic rings. The lowest BCUT2D eigenvalue weighted by molar-refractivity contribution is 0.102. The summed E-state index contributed by atoms with van der Waals surface area (Å²) in [4.78, 5) is 22.4. The standard InChI is InChI=1S/C23H19N5O/c1-15-8-7-12-27-14-19(25-22(15)27)17-9-3-4-10-18(17)26-23(29)21-16(2)24-20-11-5-6-13-28(20)21/h3-14H,1-2H3,(H,26,29). The summed E-state index contributed by atoms with van der Waals surface area (Å²) in [6.45, 7) is 3.88. The van der Waals surface area contributed by atoms with Crippen molar-refractivity contribution in [2.75, 3.05) is 5.32 Å². The van der Waals surface area contributed by atoms with Crippen molar-refractivity contribution in [2.24, 2.45) is 0 Å². The molecule has 29 heavy (non-hydrogen) atoms. The number of hydrogen-bond donors (Lipinski definition) is 1.